The zero-order valence-electron chi connectivity index (χ0n) is 13.6. The van der Waals surface area contributed by atoms with Crippen LogP contribution in [-0.2, 0) is 17.8 Å². The second-order valence-corrected chi connectivity index (χ2v) is 5.98. The molecule has 1 amide bonds. The smallest absolute Gasteiger partial charge is 0.224 e. The van der Waals surface area contributed by atoms with Crippen molar-refractivity contribution in [3.8, 4) is 5.75 Å². The fourth-order valence-electron chi connectivity index (χ4n) is 2.99. The number of methoxy groups -OCH3 is 1. The van der Waals surface area contributed by atoms with Gasteiger partial charge in [-0.25, -0.2) is 0 Å². The van der Waals surface area contributed by atoms with Gasteiger partial charge < -0.3 is 15.4 Å². The van der Waals surface area contributed by atoms with Crippen molar-refractivity contribution in [1.82, 2.24) is 10.6 Å². The first kappa shape index (κ1) is 15.6. The summed E-state index contributed by atoms with van der Waals surface area (Å²) in [6.45, 7) is 3.72. The molecule has 0 bridgehead atoms. The summed E-state index contributed by atoms with van der Waals surface area (Å²) >= 11 is 0. The quantitative estimate of drug-likeness (QED) is 0.912. The third-order valence-electron chi connectivity index (χ3n) is 4.20. The first-order valence-electron chi connectivity index (χ1n) is 7.88. The summed E-state index contributed by atoms with van der Waals surface area (Å²) in [6, 6.07) is 14.1. The molecule has 4 heteroatoms. The highest BCUT2D eigenvalue weighted by atomic mass is 16.5. The third kappa shape index (κ3) is 3.71. The number of amides is 1. The number of carbonyl (C=O) groups excluding carboxylic acids is 1. The van der Waals surface area contributed by atoms with Crippen molar-refractivity contribution < 1.29 is 9.53 Å². The van der Waals surface area contributed by atoms with E-state index in [-0.39, 0.29) is 11.9 Å². The van der Waals surface area contributed by atoms with Gasteiger partial charge in [-0.15, -0.1) is 0 Å². The van der Waals surface area contributed by atoms with Gasteiger partial charge in [0.05, 0.1) is 19.6 Å². The fourth-order valence-corrected chi connectivity index (χ4v) is 2.99. The van der Waals surface area contributed by atoms with Crippen LogP contribution in [0.5, 0.6) is 5.75 Å². The summed E-state index contributed by atoms with van der Waals surface area (Å²) in [5.41, 5.74) is 4.72. The van der Waals surface area contributed by atoms with Crippen LogP contribution in [0.4, 0.5) is 0 Å². The molecule has 1 heterocycles. The minimum Gasteiger partial charge on any atom is -0.497 e. The number of carbonyl (C=O) groups is 1. The highest BCUT2D eigenvalue weighted by molar-refractivity contribution is 5.79. The molecule has 0 saturated heterocycles. The van der Waals surface area contributed by atoms with Gasteiger partial charge in [0.25, 0.3) is 0 Å². The first-order chi connectivity index (χ1) is 11.2. The highest BCUT2D eigenvalue weighted by Gasteiger charge is 2.21. The van der Waals surface area contributed by atoms with E-state index in [1.807, 2.05) is 24.3 Å². The predicted molar refractivity (Wildman–Crippen MR) is 90.5 cm³/mol. The minimum absolute atomic E-state index is 0.0325. The molecule has 1 unspecified atom stereocenters. The molecule has 23 heavy (non-hydrogen) atoms. The Morgan fingerprint density at radius 3 is 2.78 bits per heavy atom. The number of rotatable bonds is 4. The minimum atomic E-state index is 0.0325. The molecule has 0 aliphatic carbocycles. The number of hydrogen-bond acceptors (Lipinski definition) is 3. The molecule has 1 aliphatic heterocycles. The number of nitrogens with one attached hydrogen (secondary N) is 2. The summed E-state index contributed by atoms with van der Waals surface area (Å²) in [5.74, 6) is 0.838. The van der Waals surface area contributed by atoms with Crippen molar-refractivity contribution in [2.24, 2.45) is 0 Å². The molecule has 2 aromatic rings. The van der Waals surface area contributed by atoms with E-state index in [1.165, 1.54) is 16.7 Å². The zero-order chi connectivity index (χ0) is 16.2. The number of fused-ring (bicyclic) bond motifs is 1. The van der Waals surface area contributed by atoms with E-state index in [1.54, 1.807) is 7.11 Å². The maximum absolute atomic E-state index is 12.3. The van der Waals surface area contributed by atoms with Crippen LogP contribution in [0.15, 0.2) is 42.5 Å². The van der Waals surface area contributed by atoms with E-state index in [4.69, 9.17) is 4.74 Å². The van der Waals surface area contributed by atoms with Crippen LogP contribution in [0.2, 0.25) is 0 Å². The summed E-state index contributed by atoms with van der Waals surface area (Å²) in [7, 11) is 1.64. The Bertz CT molecular complexity index is 695. The maximum Gasteiger partial charge on any atom is 0.224 e. The van der Waals surface area contributed by atoms with Gasteiger partial charge in [0.15, 0.2) is 0 Å². The maximum atomic E-state index is 12.3. The molecule has 1 aliphatic rings. The molecular formula is C19H22N2O2. The van der Waals surface area contributed by atoms with Crippen molar-refractivity contribution >= 4 is 5.91 Å². The van der Waals surface area contributed by atoms with Crippen LogP contribution in [0.25, 0.3) is 0 Å². The third-order valence-corrected chi connectivity index (χ3v) is 4.20. The normalized spacial score (nSPS) is 16.5. The Labute approximate surface area is 136 Å². The van der Waals surface area contributed by atoms with Gasteiger partial charge in [0.1, 0.15) is 5.75 Å². The molecule has 0 radical (unpaired) electrons. The lowest BCUT2D eigenvalue weighted by Gasteiger charge is -2.27. The van der Waals surface area contributed by atoms with Crippen LogP contribution >= 0.6 is 0 Å². The molecule has 0 saturated carbocycles. The van der Waals surface area contributed by atoms with Crippen LogP contribution in [0, 0.1) is 6.92 Å². The largest absolute Gasteiger partial charge is 0.497 e. The van der Waals surface area contributed by atoms with Crippen molar-refractivity contribution in [1.29, 1.82) is 0 Å². The SMILES string of the molecule is COc1ccc(CC(=O)NC2CNCc3cc(C)ccc32)cc1. The second-order valence-electron chi connectivity index (χ2n) is 5.98. The summed E-state index contributed by atoms with van der Waals surface area (Å²) < 4.78 is 5.14. The van der Waals surface area contributed by atoms with E-state index in [2.05, 4.69) is 35.8 Å². The van der Waals surface area contributed by atoms with Crippen LogP contribution in [0.1, 0.15) is 28.3 Å². The predicted octanol–water partition coefficient (Wildman–Crippen LogP) is 2.51. The Morgan fingerprint density at radius 1 is 1.26 bits per heavy atom. The topological polar surface area (TPSA) is 50.4 Å². The number of hydrogen-bond donors (Lipinski definition) is 2. The van der Waals surface area contributed by atoms with E-state index in [9.17, 15) is 4.79 Å². The molecule has 0 fully saturated rings. The number of ether oxygens (including phenoxy) is 1. The van der Waals surface area contributed by atoms with E-state index in [0.29, 0.717) is 6.42 Å². The highest BCUT2D eigenvalue weighted by Crippen LogP contribution is 2.23. The molecule has 4 nitrogen and oxygen atoms in total. The summed E-state index contributed by atoms with van der Waals surface area (Å²) in [6.07, 6.45) is 0.377. The van der Waals surface area contributed by atoms with Crippen molar-refractivity contribution in [3.63, 3.8) is 0 Å². The Hall–Kier alpha value is -2.33. The molecule has 2 aromatic carbocycles. The van der Waals surface area contributed by atoms with Crippen molar-refractivity contribution in [3.05, 3.63) is 64.7 Å². The Balaban J connectivity index is 1.66. The van der Waals surface area contributed by atoms with Gasteiger partial charge in [-0.05, 0) is 35.7 Å². The lowest BCUT2D eigenvalue weighted by Crippen LogP contribution is -2.40. The summed E-state index contributed by atoms with van der Waals surface area (Å²) in [4.78, 5) is 12.3. The van der Waals surface area contributed by atoms with Gasteiger partial charge in [-0.2, -0.15) is 0 Å². The van der Waals surface area contributed by atoms with Gasteiger partial charge in [0, 0.05) is 13.1 Å². The van der Waals surface area contributed by atoms with E-state index < -0.39 is 0 Å². The van der Waals surface area contributed by atoms with Gasteiger partial charge in [-0.1, -0.05) is 35.9 Å². The van der Waals surface area contributed by atoms with E-state index >= 15 is 0 Å². The Kier molecular flexibility index (Phi) is 4.63. The first-order valence-corrected chi connectivity index (χ1v) is 7.88. The summed E-state index contributed by atoms with van der Waals surface area (Å²) in [5, 5.41) is 6.51. The molecule has 0 spiro atoms. The van der Waals surface area contributed by atoms with Gasteiger partial charge in [0.2, 0.25) is 5.91 Å². The lowest BCUT2D eigenvalue weighted by atomic mass is 9.95. The Morgan fingerprint density at radius 2 is 2.04 bits per heavy atom. The monoisotopic (exact) mass is 310 g/mol. The van der Waals surface area contributed by atoms with Crippen molar-refractivity contribution in [2.75, 3.05) is 13.7 Å². The number of aryl methyl sites for hydroxylation is 1. The number of benzene rings is 2. The molecular weight excluding hydrogens is 288 g/mol. The zero-order valence-corrected chi connectivity index (χ0v) is 13.6. The van der Waals surface area contributed by atoms with Crippen LogP contribution < -0.4 is 15.4 Å². The molecule has 120 valence electrons. The molecule has 3 rings (SSSR count). The fraction of sp³-hybridized carbons (Fsp3) is 0.316. The van der Waals surface area contributed by atoms with Gasteiger partial charge >= 0.3 is 0 Å². The average Bonchev–Trinajstić information content (AvgIpc) is 2.55. The van der Waals surface area contributed by atoms with Crippen molar-refractivity contribution in [2.45, 2.75) is 25.9 Å². The standard InChI is InChI=1S/C19H22N2O2/c1-13-3-8-17-15(9-13)11-20-12-18(17)21-19(22)10-14-4-6-16(23-2)7-5-14/h3-9,18,20H,10-12H2,1-2H3,(H,21,22). The molecule has 2 N–H and O–H groups in total. The lowest BCUT2D eigenvalue weighted by molar-refractivity contribution is -0.121. The second kappa shape index (κ2) is 6.84. The van der Waals surface area contributed by atoms with Gasteiger partial charge in [-0.3, -0.25) is 4.79 Å². The average molecular weight is 310 g/mol. The molecule has 1 atom stereocenters. The van der Waals surface area contributed by atoms with Crippen LogP contribution in [0.3, 0.4) is 0 Å². The molecule has 0 aromatic heterocycles. The van der Waals surface area contributed by atoms with E-state index in [0.717, 1.165) is 24.4 Å². The van der Waals surface area contributed by atoms with Crippen LogP contribution in [-0.4, -0.2) is 19.6 Å².